The van der Waals surface area contributed by atoms with Crippen molar-refractivity contribution in [3.63, 3.8) is 0 Å². The molecule has 0 bridgehead atoms. The molecule has 0 radical (unpaired) electrons. The van der Waals surface area contributed by atoms with Gasteiger partial charge in [0.15, 0.2) is 11.7 Å². The molecule has 11 heteroatoms. The molecule has 1 aromatic carbocycles. The van der Waals surface area contributed by atoms with Crippen LogP contribution in [0.1, 0.15) is 40.3 Å². The molecule has 3 aromatic rings. The third-order valence-electron chi connectivity index (χ3n) is 5.03. The molecule has 4 rings (SSSR count). The van der Waals surface area contributed by atoms with Gasteiger partial charge < -0.3 is 19.8 Å². The van der Waals surface area contributed by atoms with Crippen molar-refractivity contribution in [1.82, 2.24) is 15.1 Å². The van der Waals surface area contributed by atoms with Crippen molar-refractivity contribution < 1.29 is 27.1 Å². The summed E-state index contributed by atoms with van der Waals surface area (Å²) in [5.74, 6) is 0.597. The number of hydrogen-bond acceptors (Lipinski definition) is 5. The van der Waals surface area contributed by atoms with Gasteiger partial charge in [-0.15, -0.1) is 0 Å². The monoisotopic (exact) mass is 498 g/mol. The molecular formula is C20H18BrF3N4O3. The first kappa shape index (κ1) is 21.3. The highest BCUT2D eigenvalue weighted by molar-refractivity contribution is 9.10. The highest BCUT2D eigenvalue weighted by atomic mass is 79.9. The van der Waals surface area contributed by atoms with E-state index in [1.807, 2.05) is 0 Å². The molecule has 0 unspecified atom stereocenters. The fraction of sp³-hybridized carbons (Fsp3) is 0.300. The van der Waals surface area contributed by atoms with Gasteiger partial charge in [0.2, 0.25) is 0 Å². The zero-order chi connectivity index (χ0) is 22.2. The summed E-state index contributed by atoms with van der Waals surface area (Å²) in [6.45, 7) is 0.0884. The molecule has 0 saturated carbocycles. The number of ether oxygens (including phenoxy) is 1. The van der Waals surface area contributed by atoms with Crippen LogP contribution in [-0.4, -0.2) is 29.0 Å². The molecule has 1 aliphatic rings. The predicted molar refractivity (Wildman–Crippen MR) is 109 cm³/mol. The number of benzene rings is 1. The van der Waals surface area contributed by atoms with Gasteiger partial charge in [-0.25, -0.2) is 4.68 Å². The van der Waals surface area contributed by atoms with Crippen LogP contribution in [0.4, 0.5) is 19.0 Å². The molecule has 0 aliphatic carbocycles. The van der Waals surface area contributed by atoms with Gasteiger partial charge in [0.25, 0.3) is 5.91 Å². The molecule has 1 aliphatic heterocycles. The van der Waals surface area contributed by atoms with Crippen LogP contribution in [0.5, 0.6) is 5.75 Å². The number of rotatable bonds is 5. The Bertz CT molecular complexity index is 1060. The van der Waals surface area contributed by atoms with Crippen LogP contribution < -0.4 is 15.4 Å². The minimum Gasteiger partial charge on any atom is -0.497 e. The highest BCUT2D eigenvalue weighted by Gasteiger charge is 2.47. The molecule has 0 saturated heterocycles. The van der Waals surface area contributed by atoms with Crippen molar-refractivity contribution in [2.75, 3.05) is 12.4 Å². The maximum absolute atomic E-state index is 13.9. The SMILES string of the molecule is COc1ccc([C@H]2C[C@@H](C(F)(F)F)n3nc(C(=O)NCc4ccco4)c(Br)c3N2)cc1. The fourth-order valence-corrected chi connectivity index (χ4v) is 4.01. The predicted octanol–water partition coefficient (Wildman–Crippen LogP) is 4.84. The smallest absolute Gasteiger partial charge is 0.410 e. The van der Waals surface area contributed by atoms with Gasteiger partial charge in [0.1, 0.15) is 17.3 Å². The number of alkyl halides is 3. The standard InChI is InChI=1S/C20H18BrF3N4O3/c1-30-12-6-4-11(5-7-12)14-9-15(20(22,23)24)28-18(26-14)16(21)17(27-28)19(29)25-10-13-3-2-8-31-13/h2-8,14-15,26H,9-10H2,1H3,(H,25,29)/t14-,15+/m1/s1. The number of fused-ring (bicyclic) bond motifs is 1. The molecule has 7 nitrogen and oxygen atoms in total. The average molecular weight is 499 g/mol. The summed E-state index contributed by atoms with van der Waals surface area (Å²) in [4.78, 5) is 12.6. The Balaban J connectivity index is 1.64. The number of furan rings is 1. The van der Waals surface area contributed by atoms with Crippen molar-refractivity contribution in [3.05, 3.63) is 64.2 Å². The summed E-state index contributed by atoms with van der Waals surface area (Å²) >= 11 is 3.26. The zero-order valence-electron chi connectivity index (χ0n) is 16.2. The third kappa shape index (κ3) is 4.27. The number of amides is 1. The maximum Gasteiger partial charge on any atom is 0.410 e. The van der Waals surface area contributed by atoms with E-state index >= 15 is 0 Å². The molecule has 2 N–H and O–H groups in total. The number of halogens is 4. The van der Waals surface area contributed by atoms with Gasteiger partial charge >= 0.3 is 6.18 Å². The van der Waals surface area contributed by atoms with E-state index in [1.54, 1.807) is 36.4 Å². The van der Waals surface area contributed by atoms with Crippen molar-refractivity contribution >= 4 is 27.7 Å². The summed E-state index contributed by atoms with van der Waals surface area (Å²) in [6, 6.07) is 7.62. The van der Waals surface area contributed by atoms with E-state index in [0.29, 0.717) is 17.1 Å². The molecule has 1 amide bonds. The normalized spacial score (nSPS) is 18.2. The Labute approximate surface area is 183 Å². The second-order valence-electron chi connectivity index (χ2n) is 6.98. The van der Waals surface area contributed by atoms with E-state index in [-0.39, 0.29) is 29.0 Å². The first-order chi connectivity index (χ1) is 14.8. The summed E-state index contributed by atoms with van der Waals surface area (Å²) < 4.78 is 52.9. The van der Waals surface area contributed by atoms with Gasteiger partial charge in [-0.2, -0.15) is 18.3 Å². The Hall–Kier alpha value is -2.95. The Morgan fingerprint density at radius 1 is 1.35 bits per heavy atom. The first-order valence-electron chi connectivity index (χ1n) is 9.33. The molecule has 2 aromatic heterocycles. The summed E-state index contributed by atoms with van der Waals surface area (Å²) in [5.41, 5.74) is 0.525. The number of anilines is 1. The van der Waals surface area contributed by atoms with Gasteiger partial charge in [-0.1, -0.05) is 12.1 Å². The lowest BCUT2D eigenvalue weighted by atomic mass is 9.97. The molecule has 3 heterocycles. The van der Waals surface area contributed by atoms with Crippen LogP contribution in [0.2, 0.25) is 0 Å². The van der Waals surface area contributed by atoms with Gasteiger partial charge in [-0.3, -0.25) is 4.79 Å². The lowest BCUT2D eigenvalue weighted by Crippen LogP contribution is -2.35. The number of aromatic nitrogens is 2. The van der Waals surface area contributed by atoms with Crippen molar-refractivity contribution in [2.24, 2.45) is 0 Å². The number of carbonyl (C=O) groups excluding carboxylic acids is 1. The van der Waals surface area contributed by atoms with E-state index in [1.165, 1.54) is 13.4 Å². The minimum absolute atomic E-state index is 0.0884. The fourth-order valence-electron chi connectivity index (χ4n) is 3.45. The van der Waals surface area contributed by atoms with Gasteiger partial charge in [0, 0.05) is 6.42 Å². The van der Waals surface area contributed by atoms with Gasteiger partial charge in [0.05, 0.1) is 30.4 Å². The summed E-state index contributed by atoms with van der Waals surface area (Å²) in [7, 11) is 1.52. The summed E-state index contributed by atoms with van der Waals surface area (Å²) in [6.07, 6.45) is -3.36. The van der Waals surface area contributed by atoms with Crippen LogP contribution in [0.3, 0.4) is 0 Å². The Morgan fingerprint density at radius 3 is 2.71 bits per heavy atom. The Morgan fingerprint density at radius 2 is 2.10 bits per heavy atom. The second-order valence-corrected chi connectivity index (χ2v) is 7.77. The van der Waals surface area contributed by atoms with E-state index in [4.69, 9.17) is 9.15 Å². The molecule has 0 fully saturated rings. The van der Waals surface area contributed by atoms with E-state index in [9.17, 15) is 18.0 Å². The lowest BCUT2D eigenvalue weighted by Gasteiger charge is -2.33. The minimum atomic E-state index is -4.55. The number of carbonyl (C=O) groups is 1. The van der Waals surface area contributed by atoms with Crippen LogP contribution >= 0.6 is 15.9 Å². The van der Waals surface area contributed by atoms with Crippen molar-refractivity contribution in [3.8, 4) is 5.75 Å². The molecular weight excluding hydrogens is 481 g/mol. The average Bonchev–Trinajstić information content (AvgIpc) is 3.39. The zero-order valence-corrected chi connectivity index (χ0v) is 17.8. The highest BCUT2D eigenvalue weighted by Crippen LogP contribution is 2.46. The van der Waals surface area contributed by atoms with Gasteiger partial charge in [-0.05, 0) is 45.8 Å². The van der Waals surface area contributed by atoms with E-state index in [2.05, 4.69) is 31.7 Å². The van der Waals surface area contributed by atoms with E-state index < -0.39 is 24.2 Å². The van der Waals surface area contributed by atoms with Crippen LogP contribution in [0, 0.1) is 0 Å². The topological polar surface area (TPSA) is 81.3 Å². The van der Waals surface area contributed by atoms with Crippen LogP contribution in [0.15, 0.2) is 51.6 Å². The molecule has 0 spiro atoms. The van der Waals surface area contributed by atoms with E-state index in [0.717, 1.165) is 4.68 Å². The molecule has 2 atom stereocenters. The Kier molecular flexibility index (Phi) is 5.69. The van der Waals surface area contributed by atoms with Crippen molar-refractivity contribution in [2.45, 2.75) is 31.2 Å². The number of hydrogen-bond donors (Lipinski definition) is 2. The number of methoxy groups -OCH3 is 1. The second kappa shape index (κ2) is 8.29. The molecule has 164 valence electrons. The number of nitrogens with one attached hydrogen (secondary N) is 2. The molecule has 31 heavy (non-hydrogen) atoms. The van der Waals surface area contributed by atoms with Crippen LogP contribution in [-0.2, 0) is 6.54 Å². The lowest BCUT2D eigenvalue weighted by molar-refractivity contribution is -0.173. The third-order valence-corrected chi connectivity index (χ3v) is 5.78. The van der Waals surface area contributed by atoms with Crippen molar-refractivity contribution in [1.29, 1.82) is 0 Å². The quantitative estimate of drug-likeness (QED) is 0.526. The largest absolute Gasteiger partial charge is 0.497 e. The number of nitrogens with zero attached hydrogens (tertiary/aromatic N) is 2. The first-order valence-corrected chi connectivity index (χ1v) is 10.1. The maximum atomic E-state index is 13.9. The van der Waals surface area contributed by atoms with Crippen LogP contribution in [0.25, 0.3) is 0 Å². The summed E-state index contributed by atoms with van der Waals surface area (Å²) in [5, 5.41) is 9.66.